The second-order valence-electron chi connectivity index (χ2n) is 5.44. The number of rotatable bonds is 3. The van der Waals surface area contributed by atoms with Gasteiger partial charge in [0.25, 0.3) is 0 Å². The molecule has 0 aromatic heterocycles. The van der Waals surface area contributed by atoms with Crippen molar-refractivity contribution in [2.24, 2.45) is 11.1 Å². The molecule has 0 spiro atoms. The molecule has 2 rings (SSSR count). The Labute approximate surface area is 109 Å². The van der Waals surface area contributed by atoms with Crippen LogP contribution in [0.4, 0.5) is 0 Å². The SMILES string of the molecule is NCC1(C(=O)NN2CCOCC2)CCCCCC1. The number of ether oxygens (including phenoxy) is 1. The standard InChI is InChI=1S/C13H25N3O2/c14-11-13(5-3-1-2-4-6-13)12(17)15-16-7-9-18-10-8-16/h1-11,14H2,(H,15,17). The fourth-order valence-electron chi connectivity index (χ4n) is 2.87. The third-order valence-electron chi connectivity index (χ3n) is 4.20. The van der Waals surface area contributed by atoms with Crippen molar-refractivity contribution in [3.05, 3.63) is 0 Å². The van der Waals surface area contributed by atoms with Gasteiger partial charge in [-0.25, -0.2) is 5.01 Å². The highest BCUT2D eigenvalue weighted by Gasteiger charge is 2.38. The van der Waals surface area contributed by atoms with Crippen LogP contribution in [0, 0.1) is 5.41 Å². The number of morpholine rings is 1. The lowest BCUT2D eigenvalue weighted by atomic mass is 9.79. The summed E-state index contributed by atoms with van der Waals surface area (Å²) in [4.78, 5) is 12.5. The van der Waals surface area contributed by atoms with Gasteiger partial charge in [0.15, 0.2) is 0 Å². The largest absolute Gasteiger partial charge is 0.379 e. The molecular formula is C13H25N3O2. The predicted molar refractivity (Wildman–Crippen MR) is 69.7 cm³/mol. The zero-order valence-electron chi connectivity index (χ0n) is 11.1. The molecule has 5 nitrogen and oxygen atoms in total. The van der Waals surface area contributed by atoms with E-state index in [9.17, 15) is 4.79 Å². The molecule has 0 aromatic carbocycles. The zero-order valence-corrected chi connectivity index (χ0v) is 11.1. The molecule has 0 unspecified atom stereocenters. The number of nitrogens with two attached hydrogens (primary N) is 1. The summed E-state index contributed by atoms with van der Waals surface area (Å²) in [5.41, 5.74) is 8.61. The summed E-state index contributed by atoms with van der Waals surface area (Å²) in [6.45, 7) is 3.38. The number of amides is 1. The van der Waals surface area contributed by atoms with E-state index < -0.39 is 0 Å². The Kier molecular flexibility index (Phi) is 4.97. The summed E-state index contributed by atoms with van der Waals surface area (Å²) in [6, 6.07) is 0. The Morgan fingerprint density at radius 3 is 2.33 bits per heavy atom. The van der Waals surface area contributed by atoms with Crippen molar-refractivity contribution >= 4 is 5.91 Å². The molecule has 3 N–H and O–H groups in total. The third kappa shape index (κ3) is 3.22. The monoisotopic (exact) mass is 255 g/mol. The van der Waals surface area contributed by atoms with Gasteiger partial charge in [0.1, 0.15) is 0 Å². The van der Waals surface area contributed by atoms with Crippen LogP contribution in [-0.4, -0.2) is 43.8 Å². The molecule has 18 heavy (non-hydrogen) atoms. The van der Waals surface area contributed by atoms with Gasteiger partial charge in [0.05, 0.1) is 18.6 Å². The number of nitrogens with zero attached hydrogens (tertiary/aromatic N) is 1. The Bertz CT molecular complexity index is 269. The van der Waals surface area contributed by atoms with Crippen LogP contribution in [0.2, 0.25) is 0 Å². The Hall–Kier alpha value is -0.650. The number of hydrogen-bond donors (Lipinski definition) is 2. The van der Waals surface area contributed by atoms with Gasteiger partial charge in [-0.05, 0) is 12.8 Å². The second kappa shape index (κ2) is 6.50. The lowest BCUT2D eigenvalue weighted by molar-refractivity contribution is -0.138. The minimum absolute atomic E-state index is 0.119. The van der Waals surface area contributed by atoms with E-state index in [4.69, 9.17) is 10.5 Å². The number of hydrazine groups is 1. The van der Waals surface area contributed by atoms with E-state index in [1.807, 2.05) is 5.01 Å². The molecule has 1 amide bonds. The molecule has 2 fully saturated rings. The van der Waals surface area contributed by atoms with Crippen molar-refractivity contribution in [2.75, 3.05) is 32.8 Å². The van der Waals surface area contributed by atoms with Crippen LogP contribution in [0.3, 0.4) is 0 Å². The predicted octanol–water partition coefficient (Wildman–Crippen LogP) is 0.649. The average Bonchev–Trinajstić information content (AvgIpc) is 2.66. The van der Waals surface area contributed by atoms with Crippen molar-refractivity contribution in [1.82, 2.24) is 10.4 Å². The van der Waals surface area contributed by atoms with Gasteiger partial charge in [-0.15, -0.1) is 0 Å². The molecular weight excluding hydrogens is 230 g/mol. The molecule has 5 heteroatoms. The summed E-state index contributed by atoms with van der Waals surface area (Å²) in [5.74, 6) is 0.119. The molecule has 0 aromatic rings. The summed E-state index contributed by atoms with van der Waals surface area (Å²) in [6.07, 6.45) is 6.56. The van der Waals surface area contributed by atoms with Gasteiger partial charge in [-0.2, -0.15) is 0 Å². The summed E-state index contributed by atoms with van der Waals surface area (Å²) in [5, 5.41) is 1.97. The minimum Gasteiger partial charge on any atom is -0.379 e. The van der Waals surface area contributed by atoms with E-state index >= 15 is 0 Å². The van der Waals surface area contributed by atoms with Crippen LogP contribution in [0.15, 0.2) is 0 Å². The number of nitrogens with one attached hydrogen (secondary N) is 1. The smallest absolute Gasteiger partial charge is 0.241 e. The quantitative estimate of drug-likeness (QED) is 0.727. The maximum absolute atomic E-state index is 12.5. The molecule has 1 saturated carbocycles. The van der Waals surface area contributed by atoms with Crippen molar-refractivity contribution in [1.29, 1.82) is 0 Å². The molecule has 1 aliphatic heterocycles. The van der Waals surface area contributed by atoms with Crippen molar-refractivity contribution in [3.63, 3.8) is 0 Å². The van der Waals surface area contributed by atoms with Crippen LogP contribution in [0.5, 0.6) is 0 Å². The van der Waals surface area contributed by atoms with Crippen LogP contribution >= 0.6 is 0 Å². The molecule has 1 heterocycles. The fourth-order valence-corrected chi connectivity index (χ4v) is 2.87. The number of carbonyl (C=O) groups is 1. The normalized spacial score (nSPS) is 25.4. The highest BCUT2D eigenvalue weighted by Crippen LogP contribution is 2.34. The summed E-state index contributed by atoms with van der Waals surface area (Å²) in [7, 11) is 0. The Morgan fingerprint density at radius 1 is 1.17 bits per heavy atom. The van der Waals surface area contributed by atoms with Crippen molar-refractivity contribution in [3.8, 4) is 0 Å². The first-order valence-electron chi connectivity index (χ1n) is 7.11. The molecule has 1 saturated heterocycles. The van der Waals surface area contributed by atoms with Gasteiger partial charge in [0.2, 0.25) is 5.91 Å². The molecule has 0 atom stereocenters. The van der Waals surface area contributed by atoms with E-state index in [2.05, 4.69) is 5.43 Å². The van der Waals surface area contributed by atoms with Crippen LogP contribution in [-0.2, 0) is 9.53 Å². The van der Waals surface area contributed by atoms with E-state index in [1.54, 1.807) is 0 Å². The van der Waals surface area contributed by atoms with Crippen LogP contribution in [0.25, 0.3) is 0 Å². The maximum atomic E-state index is 12.5. The van der Waals surface area contributed by atoms with Crippen LogP contribution < -0.4 is 11.2 Å². The average molecular weight is 255 g/mol. The molecule has 2 aliphatic rings. The fraction of sp³-hybridized carbons (Fsp3) is 0.923. The van der Waals surface area contributed by atoms with Crippen molar-refractivity contribution in [2.45, 2.75) is 38.5 Å². The van der Waals surface area contributed by atoms with Crippen LogP contribution in [0.1, 0.15) is 38.5 Å². The van der Waals surface area contributed by atoms with Crippen molar-refractivity contribution < 1.29 is 9.53 Å². The van der Waals surface area contributed by atoms with E-state index in [1.165, 1.54) is 12.8 Å². The minimum atomic E-state index is -0.338. The molecule has 0 bridgehead atoms. The van der Waals surface area contributed by atoms with Gasteiger partial charge in [-0.1, -0.05) is 25.7 Å². The first kappa shape index (κ1) is 13.8. The van der Waals surface area contributed by atoms with Gasteiger partial charge in [-0.3, -0.25) is 10.2 Å². The lowest BCUT2D eigenvalue weighted by Gasteiger charge is -2.34. The Morgan fingerprint density at radius 2 is 1.78 bits per heavy atom. The third-order valence-corrected chi connectivity index (χ3v) is 4.20. The molecule has 104 valence electrons. The van der Waals surface area contributed by atoms with Gasteiger partial charge < -0.3 is 10.5 Å². The first-order valence-corrected chi connectivity index (χ1v) is 7.11. The number of carbonyl (C=O) groups excluding carboxylic acids is 1. The topological polar surface area (TPSA) is 67.6 Å². The lowest BCUT2D eigenvalue weighted by Crippen LogP contribution is -2.55. The van der Waals surface area contributed by atoms with E-state index in [0.717, 1.165) is 38.8 Å². The highest BCUT2D eigenvalue weighted by atomic mass is 16.5. The van der Waals surface area contributed by atoms with E-state index in [0.29, 0.717) is 19.8 Å². The highest BCUT2D eigenvalue weighted by molar-refractivity contribution is 5.82. The zero-order chi connectivity index (χ0) is 12.8. The summed E-state index contributed by atoms with van der Waals surface area (Å²) >= 11 is 0. The molecule has 1 aliphatic carbocycles. The van der Waals surface area contributed by atoms with Gasteiger partial charge >= 0.3 is 0 Å². The molecule has 0 radical (unpaired) electrons. The maximum Gasteiger partial charge on any atom is 0.241 e. The second-order valence-corrected chi connectivity index (χ2v) is 5.44. The first-order chi connectivity index (χ1) is 8.77. The van der Waals surface area contributed by atoms with E-state index in [-0.39, 0.29) is 11.3 Å². The Balaban J connectivity index is 1.94. The summed E-state index contributed by atoms with van der Waals surface area (Å²) < 4.78 is 5.28. The number of hydrogen-bond acceptors (Lipinski definition) is 4. The van der Waals surface area contributed by atoms with Gasteiger partial charge in [0, 0.05) is 19.6 Å².